The molecule has 0 fully saturated rings. The zero-order chi connectivity index (χ0) is 13.0. The highest BCUT2D eigenvalue weighted by molar-refractivity contribution is 5.87. The molecule has 4 heteroatoms. The lowest BCUT2D eigenvalue weighted by molar-refractivity contribution is -0.897. The second kappa shape index (κ2) is 5.87. The van der Waals surface area contributed by atoms with E-state index in [9.17, 15) is 9.90 Å². The molecule has 1 aromatic heterocycles. The lowest BCUT2D eigenvalue weighted by Gasteiger charge is -2.17. The van der Waals surface area contributed by atoms with Gasteiger partial charge in [-0.05, 0) is 33.8 Å². The van der Waals surface area contributed by atoms with E-state index in [1.807, 2.05) is 13.8 Å². The van der Waals surface area contributed by atoms with Crippen LogP contribution in [0.4, 0.5) is 0 Å². The minimum absolute atomic E-state index is 0.317. The van der Waals surface area contributed by atoms with Crippen LogP contribution in [0, 0.1) is 13.8 Å². The molecular weight excluding hydrogens is 216 g/mol. The van der Waals surface area contributed by atoms with Gasteiger partial charge in [-0.25, -0.2) is 0 Å². The average molecular weight is 238 g/mol. The summed E-state index contributed by atoms with van der Waals surface area (Å²) in [5, 5.41) is 10.9. The molecule has 0 saturated carbocycles. The van der Waals surface area contributed by atoms with Crippen LogP contribution in [0.3, 0.4) is 0 Å². The van der Waals surface area contributed by atoms with Gasteiger partial charge in [0.15, 0.2) is 0 Å². The molecule has 17 heavy (non-hydrogen) atoms. The van der Waals surface area contributed by atoms with E-state index in [1.165, 1.54) is 4.90 Å². The first kappa shape index (κ1) is 13.8. The fourth-order valence-corrected chi connectivity index (χ4v) is 2.23. The van der Waals surface area contributed by atoms with E-state index in [1.54, 1.807) is 6.07 Å². The van der Waals surface area contributed by atoms with Gasteiger partial charge in [-0.2, -0.15) is 0 Å². The molecule has 1 heterocycles. The zero-order valence-electron chi connectivity index (χ0n) is 11.2. The van der Waals surface area contributed by atoms with Crippen LogP contribution in [0.2, 0.25) is 0 Å². The summed E-state index contributed by atoms with van der Waals surface area (Å²) in [6, 6.07) is 1.70. The van der Waals surface area contributed by atoms with Crippen molar-refractivity contribution in [3.05, 3.63) is 23.0 Å². The van der Waals surface area contributed by atoms with Crippen molar-refractivity contribution < 1.29 is 14.8 Å². The maximum Gasteiger partial charge on any atom is 0.0953 e. The van der Waals surface area contributed by atoms with Crippen LogP contribution < -0.4 is 10.0 Å². The first-order valence-electron chi connectivity index (χ1n) is 6.22. The Morgan fingerprint density at radius 1 is 1.35 bits per heavy atom. The maximum atomic E-state index is 10.9. The van der Waals surface area contributed by atoms with Crippen LogP contribution >= 0.6 is 0 Å². The van der Waals surface area contributed by atoms with Crippen molar-refractivity contribution >= 4 is 5.97 Å². The average Bonchev–Trinajstić information content (AvgIpc) is 2.57. The van der Waals surface area contributed by atoms with E-state index in [4.69, 9.17) is 0 Å². The van der Waals surface area contributed by atoms with Gasteiger partial charge >= 0.3 is 0 Å². The van der Waals surface area contributed by atoms with Crippen molar-refractivity contribution in [1.29, 1.82) is 0 Å². The number of carbonyl (C=O) groups is 1. The molecule has 1 N–H and O–H groups in total. The summed E-state index contributed by atoms with van der Waals surface area (Å²) < 4.78 is 2.07. The van der Waals surface area contributed by atoms with E-state index in [-0.39, 0.29) is 0 Å². The number of hydrogen-bond acceptors (Lipinski definition) is 2. The first-order valence-corrected chi connectivity index (χ1v) is 6.22. The molecule has 1 aromatic rings. The summed E-state index contributed by atoms with van der Waals surface area (Å²) in [6.45, 7) is 12.2. The number of carbonyl (C=O) groups excluding carboxylic acids is 1. The molecule has 1 rings (SSSR count). The van der Waals surface area contributed by atoms with Crippen molar-refractivity contribution in [3.8, 4) is 0 Å². The first-order chi connectivity index (χ1) is 8.01. The number of nitrogens with one attached hydrogen (secondary N) is 1. The van der Waals surface area contributed by atoms with E-state index in [2.05, 4.69) is 18.4 Å². The van der Waals surface area contributed by atoms with Gasteiger partial charge in [0.1, 0.15) is 0 Å². The molecule has 0 aliphatic rings. The largest absolute Gasteiger partial charge is 0.545 e. The molecule has 0 bridgehead atoms. The van der Waals surface area contributed by atoms with Gasteiger partial charge in [-0.15, -0.1) is 0 Å². The summed E-state index contributed by atoms with van der Waals surface area (Å²) in [4.78, 5) is 12.4. The summed E-state index contributed by atoms with van der Waals surface area (Å²) in [6.07, 6.45) is 0. The number of hydrogen-bond donors (Lipinski definition) is 1. The van der Waals surface area contributed by atoms with Crippen molar-refractivity contribution in [1.82, 2.24) is 4.57 Å². The minimum atomic E-state index is -1.08. The molecule has 0 unspecified atom stereocenters. The summed E-state index contributed by atoms with van der Waals surface area (Å²) in [5.41, 5.74) is 2.11. The minimum Gasteiger partial charge on any atom is -0.545 e. The lowest BCUT2D eigenvalue weighted by atomic mass is 10.2. The Hall–Kier alpha value is -1.29. The fraction of sp³-hybridized carbons (Fsp3) is 0.615. The monoisotopic (exact) mass is 238 g/mol. The van der Waals surface area contributed by atoms with Gasteiger partial charge in [-0.3, -0.25) is 0 Å². The van der Waals surface area contributed by atoms with Gasteiger partial charge in [-0.1, -0.05) is 0 Å². The van der Waals surface area contributed by atoms with Gasteiger partial charge < -0.3 is 19.4 Å². The number of aryl methyl sites for hydroxylation is 1. The number of aromatic carboxylic acids is 1. The van der Waals surface area contributed by atoms with Crippen LogP contribution in [0.5, 0.6) is 0 Å². The standard InChI is InChI=1S/C13H22N2O2/c1-5-14(6-2)7-8-15-10(3)9-12(11(15)4)13(16)17/h9H,5-8H2,1-4H3,(H,16,17). The Morgan fingerprint density at radius 2 is 1.94 bits per heavy atom. The normalized spacial score (nSPS) is 11.1. The van der Waals surface area contributed by atoms with Crippen LogP contribution in [0.15, 0.2) is 6.07 Å². The van der Waals surface area contributed by atoms with E-state index in [0.29, 0.717) is 5.56 Å². The molecule has 0 spiro atoms. The molecular formula is C13H22N2O2. The van der Waals surface area contributed by atoms with Gasteiger partial charge in [0.2, 0.25) is 0 Å². The third-order valence-electron chi connectivity index (χ3n) is 3.48. The van der Waals surface area contributed by atoms with Crippen molar-refractivity contribution in [2.75, 3.05) is 19.6 Å². The molecule has 0 aliphatic carbocycles. The van der Waals surface area contributed by atoms with Gasteiger partial charge in [0.25, 0.3) is 0 Å². The second-order valence-electron chi connectivity index (χ2n) is 4.43. The Kier molecular flexibility index (Phi) is 4.75. The molecule has 0 amide bonds. The maximum absolute atomic E-state index is 10.9. The third kappa shape index (κ3) is 3.09. The van der Waals surface area contributed by atoms with Crippen LogP contribution in [-0.4, -0.2) is 30.2 Å². The molecule has 0 aliphatic heterocycles. The Labute approximate surface area is 103 Å². The number of quaternary nitrogens is 1. The molecule has 96 valence electrons. The lowest BCUT2D eigenvalue weighted by Crippen LogP contribution is -3.11. The number of aromatic nitrogens is 1. The van der Waals surface area contributed by atoms with Crippen molar-refractivity contribution in [2.24, 2.45) is 0 Å². The van der Waals surface area contributed by atoms with Crippen LogP contribution in [0.25, 0.3) is 0 Å². The van der Waals surface area contributed by atoms with Gasteiger partial charge in [0.05, 0.1) is 32.1 Å². The highest BCUT2D eigenvalue weighted by Crippen LogP contribution is 2.13. The molecule has 0 aromatic carbocycles. The van der Waals surface area contributed by atoms with E-state index >= 15 is 0 Å². The summed E-state index contributed by atoms with van der Waals surface area (Å²) in [7, 11) is 0. The SMILES string of the molecule is CC[NH+](CC)CCn1c(C)cc(C(=O)[O-])c1C. The third-order valence-corrected chi connectivity index (χ3v) is 3.48. The topological polar surface area (TPSA) is 49.5 Å². The number of nitrogens with zero attached hydrogens (tertiary/aromatic N) is 1. The summed E-state index contributed by atoms with van der Waals surface area (Å²) >= 11 is 0. The Morgan fingerprint density at radius 3 is 2.35 bits per heavy atom. The summed E-state index contributed by atoms with van der Waals surface area (Å²) in [5.74, 6) is -1.08. The number of likely N-dealkylation sites (N-methyl/N-ethyl adjacent to an activating group) is 1. The smallest absolute Gasteiger partial charge is 0.0953 e. The Bertz CT molecular complexity index is 392. The highest BCUT2D eigenvalue weighted by atomic mass is 16.4. The Balaban J connectivity index is 2.81. The van der Waals surface area contributed by atoms with E-state index < -0.39 is 5.97 Å². The number of carboxylic acid groups (broad SMARTS) is 1. The van der Waals surface area contributed by atoms with Gasteiger partial charge in [0, 0.05) is 17.0 Å². The van der Waals surface area contributed by atoms with E-state index in [0.717, 1.165) is 37.6 Å². The number of rotatable bonds is 6. The molecule has 0 atom stereocenters. The molecule has 0 radical (unpaired) electrons. The van der Waals surface area contributed by atoms with Crippen LogP contribution in [-0.2, 0) is 6.54 Å². The predicted molar refractivity (Wildman–Crippen MR) is 65.1 cm³/mol. The van der Waals surface area contributed by atoms with Crippen molar-refractivity contribution in [3.63, 3.8) is 0 Å². The fourth-order valence-electron chi connectivity index (χ4n) is 2.23. The predicted octanol–water partition coefficient (Wildman–Crippen LogP) is -0.607. The molecule has 0 saturated heterocycles. The second-order valence-corrected chi connectivity index (χ2v) is 4.43. The van der Waals surface area contributed by atoms with Crippen molar-refractivity contribution in [2.45, 2.75) is 34.2 Å². The quantitative estimate of drug-likeness (QED) is 0.719. The number of carboxylic acids is 1. The zero-order valence-corrected chi connectivity index (χ0v) is 11.2. The highest BCUT2D eigenvalue weighted by Gasteiger charge is 2.11. The molecule has 4 nitrogen and oxygen atoms in total. The van der Waals surface area contributed by atoms with Crippen LogP contribution in [0.1, 0.15) is 35.6 Å².